The van der Waals surface area contributed by atoms with Gasteiger partial charge in [0.05, 0.1) is 34.8 Å². The Balaban J connectivity index is 1.78. The minimum Gasteiger partial charge on any atom is -0.383 e. The predicted molar refractivity (Wildman–Crippen MR) is 101 cm³/mol. The molecule has 0 spiro atoms. The van der Waals surface area contributed by atoms with E-state index in [2.05, 4.69) is 30.6 Å². The average Bonchev–Trinajstić information content (AvgIpc) is 2.98. The molecule has 0 aromatic carbocycles. The largest absolute Gasteiger partial charge is 0.383 e. The van der Waals surface area contributed by atoms with Crippen molar-refractivity contribution < 1.29 is 4.74 Å². The molecule has 25 heavy (non-hydrogen) atoms. The fraction of sp³-hybridized carbons (Fsp3) is 0.250. The van der Waals surface area contributed by atoms with Gasteiger partial charge in [0.1, 0.15) is 5.15 Å². The van der Waals surface area contributed by atoms with Crippen molar-refractivity contribution >= 4 is 39.7 Å². The first-order chi connectivity index (χ1) is 12.2. The highest BCUT2D eigenvalue weighted by molar-refractivity contribution is 7.19. The summed E-state index contributed by atoms with van der Waals surface area (Å²) < 4.78 is 5.04. The van der Waals surface area contributed by atoms with Gasteiger partial charge in [-0.25, -0.2) is 19.9 Å². The Hall–Kier alpha value is -2.29. The van der Waals surface area contributed by atoms with Crippen LogP contribution >= 0.6 is 22.9 Å². The molecule has 9 heteroatoms. The van der Waals surface area contributed by atoms with Gasteiger partial charge in [0.2, 0.25) is 5.95 Å². The summed E-state index contributed by atoms with van der Waals surface area (Å²) in [4.78, 5) is 18.4. The summed E-state index contributed by atoms with van der Waals surface area (Å²) in [7, 11) is 1.67. The molecule has 0 bridgehead atoms. The smallest absolute Gasteiger partial charge is 0.227 e. The van der Waals surface area contributed by atoms with Crippen LogP contribution in [0.15, 0.2) is 30.6 Å². The molecule has 0 unspecified atom stereocenters. The van der Waals surface area contributed by atoms with Gasteiger partial charge in [0.25, 0.3) is 0 Å². The number of halogens is 1. The maximum atomic E-state index is 5.80. The van der Waals surface area contributed by atoms with E-state index in [1.165, 1.54) is 0 Å². The average molecular weight is 377 g/mol. The van der Waals surface area contributed by atoms with Gasteiger partial charge in [-0.2, -0.15) is 0 Å². The van der Waals surface area contributed by atoms with Crippen LogP contribution in [0.2, 0.25) is 5.15 Å². The molecule has 0 aliphatic rings. The molecule has 130 valence electrons. The molecule has 7 nitrogen and oxygen atoms in total. The Morgan fingerprint density at radius 3 is 2.84 bits per heavy atom. The van der Waals surface area contributed by atoms with Crippen LogP contribution in [0.1, 0.15) is 5.69 Å². The zero-order chi connectivity index (χ0) is 17.6. The second-order valence-corrected chi connectivity index (χ2v) is 6.50. The van der Waals surface area contributed by atoms with Gasteiger partial charge in [-0.15, -0.1) is 0 Å². The minimum absolute atomic E-state index is 0.439. The zero-order valence-corrected chi connectivity index (χ0v) is 15.4. The number of thiazole rings is 1. The van der Waals surface area contributed by atoms with E-state index in [-0.39, 0.29) is 0 Å². The van der Waals surface area contributed by atoms with Crippen molar-refractivity contribution in [2.75, 3.05) is 30.9 Å². The third-order valence-corrected chi connectivity index (χ3v) is 4.61. The molecule has 0 saturated carbocycles. The van der Waals surface area contributed by atoms with Crippen LogP contribution in [0.5, 0.6) is 0 Å². The molecule has 2 N–H and O–H groups in total. The molecule has 0 fully saturated rings. The highest BCUT2D eigenvalue weighted by Gasteiger charge is 2.12. The number of nitrogens with one attached hydrogen (secondary N) is 2. The van der Waals surface area contributed by atoms with Gasteiger partial charge >= 0.3 is 0 Å². The van der Waals surface area contributed by atoms with Crippen molar-refractivity contribution in [1.29, 1.82) is 0 Å². The molecule has 0 saturated heterocycles. The lowest BCUT2D eigenvalue weighted by molar-refractivity contribution is 0.211. The topological polar surface area (TPSA) is 84.9 Å². The maximum Gasteiger partial charge on any atom is 0.227 e. The van der Waals surface area contributed by atoms with Crippen molar-refractivity contribution in [3.05, 3.63) is 41.4 Å². The molecular weight excluding hydrogens is 360 g/mol. The van der Waals surface area contributed by atoms with Crippen LogP contribution in [0.4, 0.5) is 16.8 Å². The minimum atomic E-state index is 0.439. The van der Waals surface area contributed by atoms with Crippen LogP contribution in [0, 0.1) is 6.92 Å². The van der Waals surface area contributed by atoms with Crippen LogP contribution in [-0.4, -0.2) is 40.2 Å². The number of methoxy groups -OCH3 is 1. The molecule has 3 aromatic heterocycles. The van der Waals surface area contributed by atoms with E-state index in [0.717, 1.165) is 27.1 Å². The number of aryl methyl sites for hydroxylation is 1. The van der Waals surface area contributed by atoms with Crippen molar-refractivity contribution in [2.24, 2.45) is 0 Å². The molecule has 0 atom stereocenters. The first kappa shape index (κ1) is 17.5. The molecule has 3 rings (SSSR count). The molecule has 0 aliphatic heterocycles. The molecule has 0 radical (unpaired) electrons. The van der Waals surface area contributed by atoms with E-state index >= 15 is 0 Å². The number of anilines is 3. The second-order valence-electron chi connectivity index (χ2n) is 5.11. The van der Waals surface area contributed by atoms with Crippen molar-refractivity contribution in [1.82, 2.24) is 19.9 Å². The van der Waals surface area contributed by atoms with E-state index in [9.17, 15) is 0 Å². The normalized spacial score (nSPS) is 10.7. The lowest BCUT2D eigenvalue weighted by Crippen LogP contribution is -2.06. The van der Waals surface area contributed by atoms with Crippen LogP contribution in [0.3, 0.4) is 0 Å². The van der Waals surface area contributed by atoms with Crippen molar-refractivity contribution in [2.45, 2.75) is 6.92 Å². The number of hydrogen-bond acceptors (Lipinski definition) is 8. The van der Waals surface area contributed by atoms with Crippen molar-refractivity contribution in [3.8, 4) is 10.6 Å². The first-order valence-corrected chi connectivity index (χ1v) is 8.77. The molecule has 3 heterocycles. The molecule has 0 aliphatic carbocycles. The van der Waals surface area contributed by atoms with Gasteiger partial charge in [-0.05, 0) is 25.1 Å². The summed E-state index contributed by atoms with van der Waals surface area (Å²) in [5.74, 6) is 0.489. The summed E-state index contributed by atoms with van der Waals surface area (Å²) in [6.45, 7) is 3.30. The monoisotopic (exact) mass is 376 g/mol. The van der Waals surface area contributed by atoms with E-state index in [4.69, 9.17) is 16.3 Å². The van der Waals surface area contributed by atoms with Crippen molar-refractivity contribution in [3.63, 3.8) is 0 Å². The predicted octanol–water partition coefficient (Wildman–Crippen LogP) is 3.76. The Labute approximate surface area is 154 Å². The molecule has 3 aromatic rings. The van der Waals surface area contributed by atoms with E-state index < -0.39 is 0 Å². The SMILES string of the molecule is COCCNc1nc(C)c(-c2ccnc(Nc3ccc(Cl)nc3)n2)s1. The number of nitrogens with zero attached hydrogens (tertiary/aromatic N) is 4. The van der Waals surface area contributed by atoms with Gasteiger partial charge in [0.15, 0.2) is 5.13 Å². The number of hydrogen-bond donors (Lipinski definition) is 2. The maximum absolute atomic E-state index is 5.80. The third-order valence-electron chi connectivity index (χ3n) is 3.25. The number of aromatic nitrogens is 4. The zero-order valence-electron chi connectivity index (χ0n) is 13.8. The Morgan fingerprint density at radius 2 is 2.08 bits per heavy atom. The van der Waals surface area contributed by atoms with Crippen LogP contribution in [0.25, 0.3) is 10.6 Å². The summed E-state index contributed by atoms with van der Waals surface area (Å²) in [5, 5.41) is 7.64. The number of ether oxygens (including phenoxy) is 1. The standard InChI is InChI=1S/C16H17ClN6OS/c1-10-14(25-16(21-10)19-7-8-24-2)12-5-6-18-15(23-12)22-11-3-4-13(17)20-9-11/h3-6,9H,7-8H2,1-2H3,(H,19,21)(H,18,22,23). The Morgan fingerprint density at radius 1 is 1.20 bits per heavy atom. The highest BCUT2D eigenvalue weighted by atomic mass is 35.5. The van der Waals surface area contributed by atoms with Crippen LogP contribution in [-0.2, 0) is 4.74 Å². The first-order valence-electron chi connectivity index (χ1n) is 7.58. The lowest BCUT2D eigenvalue weighted by atomic mass is 10.3. The van der Waals surface area contributed by atoms with E-state index in [0.29, 0.717) is 24.3 Å². The quantitative estimate of drug-likeness (QED) is 0.479. The summed E-state index contributed by atoms with van der Waals surface area (Å²) >= 11 is 7.35. The lowest BCUT2D eigenvalue weighted by Gasteiger charge is -2.05. The molecule has 0 amide bonds. The van der Waals surface area contributed by atoms with E-state index in [1.807, 2.05) is 19.1 Å². The van der Waals surface area contributed by atoms with Gasteiger partial charge in [0, 0.05) is 19.9 Å². The van der Waals surface area contributed by atoms with Crippen LogP contribution < -0.4 is 10.6 Å². The highest BCUT2D eigenvalue weighted by Crippen LogP contribution is 2.31. The fourth-order valence-corrected chi connectivity index (χ4v) is 3.17. The van der Waals surface area contributed by atoms with E-state index in [1.54, 1.807) is 36.9 Å². The third kappa shape index (κ3) is 4.62. The second kappa shape index (κ2) is 8.19. The summed E-state index contributed by atoms with van der Waals surface area (Å²) in [6, 6.07) is 5.39. The summed E-state index contributed by atoms with van der Waals surface area (Å²) in [6.07, 6.45) is 3.35. The van der Waals surface area contributed by atoms with Gasteiger partial charge in [-0.1, -0.05) is 22.9 Å². The van der Waals surface area contributed by atoms with Gasteiger partial charge < -0.3 is 15.4 Å². The Kier molecular flexibility index (Phi) is 5.75. The molecular formula is C16H17ClN6OS. The number of rotatable bonds is 7. The fourth-order valence-electron chi connectivity index (χ4n) is 2.09. The Bertz CT molecular complexity index is 839. The number of pyridine rings is 1. The summed E-state index contributed by atoms with van der Waals surface area (Å²) in [5.41, 5.74) is 2.50. The van der Waals surface area contributed by atoms with Gasteiger partial charge in [-0.3, -0.25) is 0 Å².